The molecule has 1 amide bonds. The highest BCUT2D eigenvalue weighted by Crippen LogP contribution is 2.19. The number of nitrogens with one attached hydrogen (secondary N) is 2. The van der Waals surface area contributed by atoms with Crippen LogP contribution in [0.1, 0.15) is 5.56 Å². The molecule has 4 rings (SSSR count). The molecule has 5 nitrogen and oxygen atoms in total. The van der Waals surface area contributed by atoms with Gasteiger partial charge in [-0.25, -0.2) is 14.5 Å². The fourth-order valence-corrected chi connectivity index (χ4v) is 3.73. The molecule has 6 heteroatoms. The summed E-state index contributed by atoms with van der Waals surface area (Å²) in [6.45, 7) is 0.745. The summed E-state index contributed by atoms with van der Waals surface area (Å²) < 4.78 is 2.21. The number of amides is 1. The second-order valence-corrected chi connectivity index (χ2v) is 7.03. The minimum atomic E-state index is -0.0800. The minimum absolute atomic E-state index is 0.0800. The number of anilines is 1. The number of benzene rings is 2. The average Bonchev–Trinajstić information content (AvgIpc) is 3.06. The van der Waals surface area contributed by atoms with E-state index in [-0.39, 0.29) is 5.91 Å². The van der Waals surface area contributed by atoms with Crippen LogP contribution in [0.3, 0.4) is 0 Å². The number of H-pyrrole nitrogens is 1. The van der Waals surface area contributed by atoms with Crippen molar-refractivity contribution in [3.05, 3.63) is 84.6 Å². The maximum atomic E-state index is 12.3. The molecule has 2 aromatic heterocycles. The summed E-state index contributed by atoms with van der Waals surface area (Å²) in [5.74, 6) is 0.790. The number of rotatable bonds is 6. The van der Waals surface area contributed by atoms with Crippen molar-refractivity contribution in [2.24, 2.45) is 0 Å². The number of nitrogens with zero attached hydrogens (tertiary/aromatic N) is 2. The first kappa shape index (κ1) is 17.3. The molecule has 2 aromatic carbocycles. The molecule has 0 saturated carbocycles. The van der Waals surface area contributed by atoms with Gasteiger partial charge in [-0.3, -0.25) is 4.79 Å². The Morgan fingerprint density at radius 1 is 1.00 bits per heavy atom. The summed E-state index contributed by atoms with van der Waals surface area (Å²) in [6.07, 6.45) is 1.66. The molecule has 0 aliphatic carbocycles. The zero-order valence-electron chi connectivity index (χ0n) is 14.6. The number of pyridine rings is 1. The van der Waals surface area contributed by atoms with Crippen LogP contribution in [-0.4, -0.2) is 21.6 Å². The summed E-state index contributed by atoms with van der Waals surface area (Å²) >= 11 is 1.49. The Morgan fingerprint density at radius 3 is 2.59 bits per heavy atom. The number of hydrogen-bond donors (Lipinski definition) is 2. The highest BCUT2D eigenvalue weighted by atomic mass is 32.2. The van der Waals surface area contributed by atoms with Gasteiger partial charge in [0.1, 0.15) is 12.4 Å². The van der Waals surface area contributed by atoms with Crippen LogP contribution < -0.4 is 9.88 Å². The molecule has 2 N–H and O–H groups in total. The van der Waals surface area contributed by atoms with Crippen LogP contribution in [-0.2, 0) is 11.3 Å². The Bertz CT molecular complexity index is 1050. The number of aromatic amines is 1. The topological polar surface area (TPSA) is 61.7 Å². The summed E-state index contributed by atoms with van der Waals surface area (Å²) in [7, 11) is 0. The fourth-order valence-electron chi connectivity index (χ4n) is 2.89. The summed E-state index contributed by atoms with van der Waals surface area (Å²) in [4.78, 5) is 19.8. The molecule has 0 aliphatic heterocycles. The Labute approximate surface area is 161 Å². The van der Waals surface area contributed by atoms with E-state index in [0.717, 1.165) is 22.7 Å². The van der Waals surface area contributed by atoms with Crippen LogP contribution in [0.25, 0.3) is 11.0 Å². The van der Waals surface area contributed by atoms with Crippen LogP contribution in [0.15, 0.2) is 84.1 Å². The van der Waals surface area contributed by atoms with E-state index in [0.29, 0.717) is 11.6 Å². The summed E-state index contributed by atoms with van der Waals surface area (Å²) in [6, 6.07) is 23.9. The quantitative estimate of drug-likeness (QED) is 0.400. The highest BCUT2D eigenvalue weighted by molar-refractivity contribution is 7.99. The predicted octanol–water partition coefficient (Wildman–Crippen LogP) is 3.63. The lowest BCUT2D eigenvalue weighted by atomic mass is 10.2. The van der Waals surface area contributed by atoms with Gasteiger partial charge in [0.2, 0.25) is 5.91 Å². The third-order valence-corrected chi connectivity index (χ3v) is 5.14. The second-order valence-electron chi connectivity index (χ2n) is 6.07. The van der Waals surface area contributed by atoms with Crippen LogP contribution in [0, 0.1) is 0 Å². The highest BCUT2D eigenvalue weighted by Gasteiger charge is 2.20. The number of fused-ring (bicyclic) bond motifs is 1. The van der Waals surface area contributed by atoms with Gasteiger partial charge in [-0.2, -0.15) is 0 Å². The third-order valence-electron chi connectivity index (χ3n) is 4.14. The Hall–Kier alpha value is -3.12. The van der Waals surface area contributed by atoms with Crippen molar-refractivity contribution in [1.29, 1.82) is 0 Å². The molecule has 0 bridgehead atoms. The molecular weight excluding hydrogens is 356 g/mol. The largest absolute Gasteiger partial charge is 0.317 e. The monoisotopic (exact) mass is 375 g/mol. The van der Waals surface area contributed by atoms with Crippen molar-refractivity contribution < 1.29 is 9.36 Å². The predicted molar refractivity (Wildman–Crippen MR) is 108 cm³/mol. The molecule has 27 heavy (non-hydrogen) atoms. The van der Waals surface area contributed by atoms with Crippen molar-refractivity contribution in [2.75, 3.05) is 11.1 Å². The van der Waals surface area contributed by atoms with Gasteiger partial charge in [-0.15, -0.1) is 0 Å². The number of imidazole rings is 1. The van der Waals surface area contributed by atoms with E-state index in [1.54, 1.807) is 12.3 Å². The first-order chi connectivity index (χ1) is 13.3. The minimum Gasteiger partial charge on any atom is -0.310 e. The van der Waals surface area contributed by atoms with Gasteiger partial charge < -0.3 is 5.32 Å². The van der Waals surface area contributed by atoms with E-state index in [9.17, 15) is 4.79 Å². The maximum absolute atomic E-state index is 12.3. The first-order valence-electron chi connectivity index (χ1n) is 8.68. The normalized spacial score (nSPS) is 10.8. The number of carbonyl (C=O) groups is 1. The Morgan fingerprint density at radius 2 is 1.78 bits per heavy atom. The lowest BCUT2D eigenvalue weighted by molar-refractivity contribution is -0.700. The van der Waals surface area contributed by atoms with Crippen LogP contribution in [0.4, 0.5) is 5.82 Å². The van der Waals surface area contributed by atoms with Crippen LogP contribution in [0.2, 0.25) is 0 Å². The number of hydrogen-bond acceptors (Lipinski definition) is 3. The van der Waals surface area contributed by atoms with Crippen molar-refractivity contribution >= 4 is 34.5 Å². The van der Waals surface area contributed by atoms with Gasteiger partial charge in [0.05, 0.1) is 5.75 Å². The van der Waals surface area contributed by atoms with E-state index >= 15 is 0 Å². The molecule has 0 aliphatic rings. The summed E-state index contributed by atoms with van der Waals surface area (Å²) in [5, 5.41) is 3.78. The number of para-hydroxylation sites is 2. The van der Waals surface area contributed by atoms with E-state index in [2.05, 4.69) is 44.1 Å². The second kappa shape index (κ2) is 8.05. The Kier molecular flexibility index (Phi) is 5.16. The van der Waals surface area contributed by atoms with Gasteiger partial charge in [-0.1, -0.05) is 48.5 Å². The molecule has 0 spiro atoms. The van der Waals surface area contributed by atoms with E-state index in [1.807, 2.05) is 42.5 Å². The molecular formula is C21H19N4OS+. The molecule has 0 fully saturated rings. The van der Waals surface area contributed by atoms with Gasteiger partial charge >= 0.3 is 5.16 Å². The molecule has 0 atom stereocenters. The molecule has 0 saturated heterocycles. The van der Waals surface area contributed by atoms with E-state index in [1.165, 1.54) is 17.3 Å². The lowest BCUT2D eigenvalue weighted by Gasteiger charge is -2.04. The van der Waals surface area contributed by atoms with Crippen molar-refractivity contribution in [1.82, 2.24) is 9.97 Å². The van der Waals surface area contributed by atoms with Gasteiger partial charge in [0.25, 0.3) is 0 Å². The molecule has 0 unspecified atom stereocenters. The molecule has 134 valence electrons. The van der Waals surface area contributed by atoms with Crippen molar-refractivity contribution in [2.45, 2.75) is 11.7 Å². The van der Waals surface area contributed by atoms with Crippen LogP contribution >= 0.6 is 11.8 Å². The molecule has 0 radical (unpaired) electrons. The number of thioether (sulfide) groups is 1. The lowest BCUT2D eigenvalue weighted by Crippen LogP contribution is -2.35. The molecule has 4 aromatic rings. The van der Waals surface area contributed by atoms with E-state index < -0.39 is 0 Å². The standard InChI is InChI=1S/C21H18N4OS/c26-20(24-19-12-6-7-13-22-19)15-27-21-23-17-10-4-5-11-18(17)25(21)14-16-8-2-1-3-9-16/h1-13H,14-15H2,(H,22,24,26)/p+1. The average molecular weight is 375 g/mol. The van der Waals surface area contributed by atoms with Gasteiger partial charge in [0.15, 0.2) is 11.0 Å². The molecule has 2 heterocycles. The van der Waals surface area contributed by atoms with Crippen LogP contribution in [0.5, 0.6) is 0 Å². The number of aromatic nitrogens is 3. The van der Waals surface area contributed by atoms with Crippen molar-refractivity contribution in [3.63, 3.8) is 0 Å². The van der Waals surface area contributed by atoms with E-state index in [4.69, 9.17) is 0 Å². The SMILES string of the molecule is O=C(CSc1[nH]c2ccccc2[n+]1Cc1ccccc1)Nc1ccccn1. The zero-order chi connectivity index (χ0) is 18.5. The van der Waals surface area contributed by atoms with Gasteiger partial charge in [0, 0.05) is 6.20 Å². The van der Waals surface area contributed by atoms with Gasteiger partial charge in [-0.05, 0) is 41.6 Å². The Balaban J connectivity index is 1.54. The first-order valence-corrected chi connectivity index (χ1v) is 9.66. The smallest absolute Gasteiger partial charge is 0.310 e. The number of carbonyl (C=O) groups excluding carboxylic acids is 1. The van der Waals surface area contributed by atoms with Crippen molar-refractivity contribution in [3.8, 4) is 0 Å². The zero-order valence-corrected chi connectivity index (χ0v) is 15.4. The fraction of sp³-hybridized carbons (Fsp3) is 0.0952. The maximum Gasteiger partial charge on any atom is 0.317 e. The summed E-state index contributed by atoms with van der Waals surface area (Å²) in [5.41, 5.74) is 3.39. The third kappa shape index (κ3) is 4.17.